The van der Waals surface area contributed by atoms with Crippen LogP contribution in [0.1, 0.15) is 6.42 Å². The molecule has 0 radical (unpaired) electrons. The minimum Gasteiger partial charge on any atom is -0.347 e. The Balaban J connectivity index is 1.58. The van der Waals surface area contributed by atoms with Gasteiger partial charge in [0.25, 0.3) is 0 Å². The summed E-state index contributed by atoms with van der Waals surface area (Å²) in [5.41, 5.74) is 1.17. The van der Waals surface area contributed by atoms with E-state index in [0.717, 1.165) is 13.0 Å². The van der Waals surface area contributed by atoms with Crippen LogP contribution in [0.5, 0.6) is 0 Å². The highest BCUT2D eigenvalue weighted by molar-refractivity contribution is 7.89. The molecule has 0 aliphatic heterocycles. The van der Waals surface area contributed by atoms with Crippen LogP contribution >= 0.6 is 0 Å². The molecule has 3 rings (SSSR count). The Morgan fingerprint density at radius 1 is 0.909 bits per heavy atom. The second-order valence-electron chi connectivity index (χ2n) is 5.13. The van der Waals surface area contributed by atoms with Crippen molar-refractivity contribution in [2.45, 2.75) is 17.9 Å². The van der Waals surface area contributed by atoms with Gasteiger partial charge in [0.2, 0.25) is 10.0 Å². The molecule has 2 aromatic carbocycles. The van der Waals surface area contributed by atoms with E-state index < -0.39 is 10.0 Å². The van der Waals surface area contributed by atoms with Crippen LogP contribution in [0, 0.1) is 0 Å². The number of nitrogens with zero attached hydrogens (tertiary/aromatic N) is 1. The fraction of sp³-hybridized carbons (Fsp3) is 0.176. The summed E-state index contributed by atoms with van der Waals surface area (Å²) in [7, 11) is -3.40. The van der Waals surface area contributed by atoms with Gasteiger partial charge in [0.1, 0.15) is 0 Å². The molecule has 0 aliphatic rings. The van der Waals surface area contributed by atoms with Crippen LogP contribution in [-0.4, -0.2) is 19.5 Å². The minimum atomic E-state index is -3.40. The Morgan fingerprint density at radius 2 is 1.64 bits per heavy atom. The smallest absolute Gasteiger partial charge is 0.240 e. The molecule has 22 heavy (non-hydrogen) atoms. The van der Waals surface area contributed by atoms with Crippen molar-refractivity contribution in [2.75, 3.05) is 6.54 Å². The van der Waals surface area contributed by atoms with E-state index in [1.165, 1.54) is 10.9 Å². The molecular formula is C17H18N2O2S. The number of aryl methyl sites for hydroxylation is 1. The van der Waals surface area contributed by atoms with E-state index in [4.69, 9.17) is 0 Å². The first-order valence-electron chi connectivity index (χ1n) is 7.25. The number of nitrogens with one attached hydrogen (secondary N) is 1. The number of fused-ring (bicyclic) bond motifs is 1. The van der Waals surface area contributed by atoms with Crippen molar-refractivity contribution in [1.29, 1.82) is 0 Å². The average Bonchev–Trinajstić information content (AvgIpc) is 2.96. The number of hydrogen-bond donors (Lipinski definition) is 1. The molecule has 3 aromatic rings. The molecule has 114 valence electrons. The fourth-order valence-corrected chi connectivity index (χ4v) is 3.57. The first-order valence-corrected chi connectivity index (χ1v) is 8.74. The molecule has 1 aromatic heterocycles. The lowest BCUT2D eigenvalue weighted by molar-refractivity contribution is 0.572. The first kappa shape index (κ1) is 14.8. The van der Waals surface area contributed by atoms with Gasteiger partial charge in [-0.2, -0.15) is 0 Å². The number of sulfonamides is 1. The Bertz CT molecular complexity index is 855. The number of benzene rings is 2. The van der Waals surface area contributed by atoms with Crippen LogP contribution in [0.4, 0.5) is 0 Å². The quantitative estimate of drug-likeness (QED) is 0.711. The zero-order valence-corrected chi connectivity index (χ0v) is 13.0. The summed E-state index contributed by atoms with van der Waals surface area (Å²) in [4.78, 5) is 0.307. The van der Waals surface area contributed by atoms with Gasteiger partial charge in [-0.1, -0.05) is 36.4 Å². The number of hydrogen-bond acceptors (Lipinski definition) is 2. The standard InChI is InChI=1S/C17H18N2O2S/c20-22(21,16-8-2-1-3-9-16)18-12-6-13-19-14-11-15-7-4-5-10-17(15)19/h1-5,7-11,14,18H,6,12-13H2. The van der Waals surface area contributed by atoms with Gasteiger partial charge in [-0.15, -0.1) is 0 Å². The molecule has 0 bridgehead atoms. The summed E-state index contributed by atoms with van der Waals surface area (Å²) < 4.78 is 29.0. The van der Waals surface area contributed by atoms with Crippen LogP contribution in [0.2, 0.25) is 0 Å². The molecule has 0 saturated carbocycles. The SMILES string of the molecule is O=S(=O)(NCCCn1ccc2ccccc21)c1ccccc1. The Morgan fingerprint density at radius 3 is 2.45 bits per heavy atom. The van der Waals surface area contributed by atoms with Gasteiger partial charge in [0.15, 0.2) is 0 Å². The van der Waals surface area contributed by atoms with Crippen molar-refractivity contribution in [3.8, 4) is 0 Å². The van der Waals surface area contributed by atoms with Crippen LogP contribution in [-0.2, 0) is 16.6 Å². The van der Waals surface area contributed by atoms with Crippen molar-refractivity contribution in [1.82, 2.24) is 9.29 Å². The second-order valence-corrected chi connectivity index (χ2v) is 6.90. The molecule has 4 nitrogen and oxygen atoms in total. The molecule has 0 unspecified atom stereocenters. The monoisotopic (exact) mass is 314 g/mol. The summed E-state index contributed by atoms with van der Waals surface area (Å²) in [6.45, 7) is 1.20. The van der Waals surface area contributed by atoms with Gasteiger partial charge in [-0.3, -0.25) is 0 Å². The van der Waals surface area contributed by atoms with E-state index in [0.29, 0.717) is 11.4 Å². The van der Waals surface area contributed by atoms with Gasteiger partial charge in [-0.05, 0) is 36.1 Å². The van der Waals surface area contributed by atoms with Gasteiger partial charge >= 0.3 is 0 Å². The number of rotatable bonds is 6. The third-order valence-electron chi connectivity index (χ3n) is 3.60. The predicted octanol–water partition coefficient (Wildman–Crippen LogP) is 3.01. The van der Waals surface area contributed by atoms with E-state index in [-0.39, 0.29) is 0 Å². The van der Waals surface area contributed by atoms with Gasteiger partial charge in [-0.25, -0.2) is 13.1 Å². The molecule has 1 N–H and O–H groups in total. The number of para-hydroxylation sites is 1. The van der Waals surface area contributed by atoms with Gasteiger partial charge < -0.3 is 4.57 Å². The Kier molecular flexibility index (Phi) is 4.27. The topological polar surface area (TPSA) is 51.1 Å². The lowest BCUT2D eigenvalue weighted by Gasteiger charge is -2.08. The van der Waals surface area contributed by atoms with Crippen molar-refractivity contribution in [3.05, 3.63) is 66.9 Å². The lowest BCUT2D eigenvalue weighted by Crippen LogP contribution is -2.25. The van der Waals surface area contributed by atoms with Crippen molar-refractivity contribution >= 4 is 20.9 Å². The molecular weight excluding hydrogens is 296 g/mol. The molecule has 0 amide bonds. The summed E-state index contributed by atoms with van der Waals surface area (Å²) >= 11 is 0. The zero-order chi connectivity index (χ0) is 15.4. The van der Waals surface area contributed by atoms with Crippen molar-refractivity contribution < 1.29 is 8.42 Å². The zero-order valence-electron chi connectivity index (χ0n) is 12.1. The molecule has 1 heterocycles. The van der Waals surface area contributed by atoms with Crippen molar-refractivity contribution in [3.63, 3.8) is 0 Å². The molecule has 5 heteroatoms. The first-order chi connectivity index (χ1) is 10.7. The Hall–Kier alpha value is -2.11. The van der Waals surface area contributed by atoms with Crippen LogP contribution in [0.3, 0.4) is 0 Å². The van der Waals surface area contributed by atoms with Gasteiger partial charge in [0, 0.05) is 24.8 Å². The highest BCUT2D eigenvalue weighted by atomic mass is 32.2. The summed E-state index contributed by atoms with van der Waals surface area (Å²) in [6, 6.07) is 18.7. The third kappa shape index (κ3) is 3.21. The second kappa shape index (κ2) is 6.34. The van der Waals surface area contributed by atoms with Gasteiger partial charge in [0.05, 0.1) is 4.90 Å². The van der Waals surface area contributed by atoms with E-state index in [1.54, 1.807) is 30.3 Å². The minimum absolute atomic E-state index is 0.307. The van der Waals surface area contributed by atoms with Crippen LogP contribution < -0.4 is 4.72 Å². The Labute approximate surface area is 130 Å². The maximum absolute atomic E-state index is 12.1. The summed E-state index contributed by atoms with van der Waals surface area (Å²) in [5, 5.41) is 1.20. The van der Waals surface area contributed by atoms with E-state index in [9.17, 15) is 8.42 Å². The molecule has 0 saturated heterocycles. The maximum Gasteiger partial charge on any atom is 0.240 e. The molecule has 0 spiro atoms. The molecule has 0 fully saturated rings. The molecule has 0 atom stereocenters. The van der Waals surface area contributed by atoms with E-state index >= 15 is 0 Å². The lowest BCUT2D eigenvalue weighted by atomic mass is 10.2. The average molecular weight is 314 g/mol. The summed E-state index contributed by atoms with van der Waals surface area (Å²) in [6.07, 6.45) is 2.78. The fourth-order valence-electron chi connectivity index (χ4n) is 2.47. The predicted molar refractivity (Wildman–Crippen MR) is 88.2 cm³/mol. The highest BCUT2D eigenvalue weighted by Crippen LogP contribution is 2.15. The van der Waals surface area contributed by atoms with Crippen LogP contribution in [0.15, 0.2) is 71.8 Å². The molecule has 0 aliphatic carbocycles. The van der Waals surface area contributed by atoms with Crippen LogP contribution in [0.25, 0.3) is 10.9 Å². The largest absolute Gasteiger partial charge is 0.347 e. The van der Waals surface area contributed by atoms with E-state index in [2.05, 4.69) is 27.5 Å². The highest BCUT2D eigenvalue weighted by Gasteiger charge is 2.11. The van der Waals surface area contributed by atoms with E-state index in [1.807, 2.05) is 18.3 Å². The number of aromatic nitrogens is 1. The third-order valence-corrected chi connectivity index (χ3v) is 5.08. The summed E-state index contributed by atoms with van der Waals surface area (Å²) in [5.74, 6) is 0. The normalized spacial score (nSPS) is 11.8. The maximum atomic E-state index is 12.1. The van der Waals surface area contributed by atoms with Crippen molar-refractivity contribution in [2.24, 2.45) is 0 Å².